The van der Waals surface area contributed by atoms with Gasteiger partial charge in [0.25, 0.3) is 5.91 Å². The van der Waals surface area contributed by atoms with Crippen LogP contribution in [0.1, 0.15) is 28.8 Å². The normalized spacial score (nSPS) is 10.6. The lowest BCUT2D eigenvalue weighted by atomic mass is 10.1. The van der Waals surface area contributed by atoms with Crippen molar-refractivity contribution in [3.63, 3.8) is 0 Å². The highest BCUT2D eigenvalue weighted by Crippen LogP contribution is 2.10. The molecule has 1 aromatic heterocycles. The van der Waals surface area contributed by atoms with E-state index in [0.717, 1.165) is 5.76 Å². The molecule has 0 fully saturated rings. The van der Waals surface area contributed by atoms with E-state index in [9.17, 15) is 14.4 Å². The van der Waals surface area contributed by atoms with Crippen LogP contribution in [-0.2, 0) is 14.3 Å². The molecule has 1 amide bonds. The monoisotopic (exact) mass is 327 g/mol. The molecule has 6 nitrogen and oxygen atoms in total. The van der Waals surface area contributed by atoms with Crippen LogP contribution in [0.15, 0.2) is 46.9 Å². The summed E-state index contributed by atoms with van der Waals surface area (Å²) in [5, 5.41) is 2.57. The van der Waals surface area contributed by atoms with Gasteiger partial charge in [0.15, 0.2) is 12.4 Å². The van der Waals surface area contributed by atoms with Crippen LogP contribution < -0.4 is 5.32 Å². The molecule has 1 N–H and O–H groups in total. The van der Waals surface area contributed by atoms with Crippen molar-refractivity contribution in [1.82, 2.24) is 0 Å². The summed E-state index contributed by atoms with van der Waals surface area (Å²) >= 11 is 0. The molecule has 0 aliphatic heterocycles. The van der Waals surface area contributed by atoms with Crippen molar-refractivity contribution in [2.45, 2.75) is 13.8 Å². The number of hydrogen-bond acceptors (Lipinski definition) is 5. The molecule has 2 aromatic rings. The number of anilines is 1. The number of carbonyl (C=O) groups is 3. The van der Waals surface area contributed by atoms with E-state index >= 15 is 0 Å². The van der Waals surface area contributed by atoms with Gasteiger partial charge in [-0.3, -0.25) is 9.59 Å². The summed E-state index contributed by atoms with van der Waals surface area (Å²) in [4.78, 5) is 34.4. The maximum atomic E-state index is 11.7. The molecular weight excluding hydrogens is 310 g/mol. The average Bonchev–Trinajstić information content (AvgIpc) is 2.97. The standard InChI is InChI=1S/C18H17NO5/c1-12-3-8-16(24-12)9-10-18(22)23-11-17(21)19-15-6-4-14(5-7-15)13(2)20/h3-10H,11H2,1-2H3,(H,19,21). The average molecular weight is 327 g/mol. The second kappa shape index (κ2) is 7.92. The second-order valence-electron chi connectivity index (χ2n) is 5.07. The fourth-order valence-electron chi connectivity index (χ4n) is 1.86. The van der Waals surface area contributed by atoms with Crippen LogP contribution in [0.2, 0.25) is 0 Å². The smallest absolute Gasteiger partial charge is 0.331 e. The molecule has 0 aliphatic rings. The Balaban J connectivity index is 1.79. The number of rotatable bonds is 6. The molecule has 2 rings (SSSR count). The van der Waals surface area contributed by atoms with Gasteiger partial charge in [-0.2, -0.15) is 0 Å². The van der Waals surface area contributed by atoms with Gasteiger partial charge in [0.1, 0.15) is 11.5 Å². The molecule has 0 saturated heterocycles. The zero-order chi connectivity index (χ0) is 17.5. The minimum Gasteiger partial charge on any atom is -0.462 e. The lowest BCUT2D eigenvalue weighted by Crippen LogP contribution is -2.20. The van der Waals surface area contributed by atoms with E-state index in [1.165, 1.54) is 19.1 Å². The van der Waals surface area contributed by atoms with Crippen LogP contribution in [0, 0.1) is 6.92 Å². The highest BCUT2D eigenvalue weighted by molar-refractivity contribution is 5.96. The number of nitrogens with one attached hydrogen (secondary N) is 1. The Morgan fingerprint density at radius 3 is 2.42 bits per heavy atom. The highest BCUT2D eigenvalue weighted by atomic mass is 16.5. The molecule has 0 atom stereocenters. The number of hydrogen-bond donors (Lipinski definition) is 1. The van der Waals surface area contributed by atoms with Gasteiger partial charge in [-0.05, 0) is 56.3 Å². The maximum Gasteiger partial charge on any atom is 0.331 e. The van der Waals surface area contributed by atoms with Gasteiger partial charge in [0.05, 0.1) is 0 Å². The van der Waals surface area contributed by atoms with E-state index in [0.29, 0.717) is 17.0 Å². The van der Waals surface area contributed by atoms with E-state index in [1.807, 2.05) is 0 Å². The van der Waals surface area contributed by atoms with Crippen LogP contribution in [0.5, 0.6) is 0 Å². The predicted octanol–water partition coefficient (Wildman–Crippen LogP) is 2.99. The maximum absolute atomic E-state index is 11.7. The van der Waals surface area contributed by atoms with Crippen molar-refractivity contribution >= 4 is 29.4 Å². The third kappa shape index (κ3) is 5.24. The van der Waals surface area contributed by atoms with E-state index in [2.05, 4.69) is 5.32 Å². The minimum atomic E-state index is -0.647. The molecule has 0 spiro atoms. The van der Waals surface area contributed by atoms with Crippen molar-refractivity contribution in [2.24, 2.45) is 0 Å². The van der Waals surface area contributed by atoms with Gasteiger partial charge in [-0.15, -0.1) is 0 Å². The van der Waals surface area contributed by atoms with Crippen molar-refractivity contribution in [3.8, 4) is 0 Å². The van der Waals surface area contributed by atoms with Crippen molar-refractivity contribution in [2.75, 3.05) is 11.9 Å². The predicted molar refractivity (Wildman–Crippen MR) is 88.5 cm³/mol. The third-order valence-corrected chi connectivity index (χ3v) is 3.07. The van der Waals surface area contributed by atoms with Gasteiger partial charge < -0.3 is 14.5 Å². The number of furan rings is 1. The number of Topliss-reactive ketones (excluding diaryl/α,β-unsaturated/α-hetero) is 1. The summed E-state index contributed by atoms with van der Waals surface area (Å²) in [5.74, 6) is 0.0882. The van der Waals surface area contributed by atoms with E-state index < -0.39 is 18.5 Å². The summed E-state index contributed by atoms with van der Waals surface area (Å²) < 4.78 is 10.1. The Hall–Kier alpha value is -3.15. The summed E-state index contributed by atoms with van der Waals surface area (Å²) in [6.45, 7) is 2.85. The molecule has 24 heavy (non-hydrogen) atoms. The second-order valence-corrected chi connectivity index (χ2v) is 5.07. The Labute approximate surface area is 139 Å². The number of ether oxygens (including phenoxy) is 1. The molecule has 6 heteroatoms. The van der Waals surface area contributed by atoms with Gasteiger partial charge in [-0.1, -0.05) is 0 Å². The summed E-state index contributed by atoms with van der Waals surface area (Å²) in [6, 6.07) is 9.92. The lowest BCUT2D eigenvalue weighted by molar-refractivity contribution is -0.142. The molecule has 0 radical (unpaired) electrons. The summed E-state index contributed by atoms with van der Waals surface area (Å²) in [6.07, 6.45) is 2.65. The number of carbonyl (C=O) groups excluding carboxylic acids is 3. The first-order chi connectivity index (χ1) is 11.4. The molecular formula is C18H17NO5. The highest BCUT2D eigenvalue weighted by Gasteiger charge is 2.06. The van der Waals surface area contributed by atoms with Crippen LogP contribution in [0.25, 0.3) is 6.08 Å². The van der Waals surface area contributed by atoms with E-state index in [4.69, 9.17) is 9.15 Å². The largest absolute Gasteiger partial charge is 0.462 e. The SMILES string of the molecule is CC(=O)c1ccc(NC(=O)COC(=O)C=Cc2ccc(C)o2)cc1. The van der Waals surface area contributed by atoms with E-state index in [1.54, 1.807) is 43.3 Å². The Bertz CT molecular complexity index is 771. The lowest BCUT2D eigenvalue weighted by Gasteiger charge is -2.05. The van der Waals surface area contributed by atoms with Gasteiger partial charge in [0.2, 0.25) is 0 Å². The number of esters is 1. The molecule has 0 bridgehead atoms. The van der Waals surface area contributed by atoms with Crippen molar-refractivity contribution < 1.29 is 23.5 Å². The fraction of sp³-hybridized carbons (Fsp3) is 0.167. The first kappa shape index (κ1) is 17.2. The van der Waals surface area contributed by atoms with Crippen LogP contribution >= 0.6 is 0 Å². The number of amides is 1. The molecule has 1 heterocycles. The van der Waals surface area contributed by atoms with Crippen LogP contribution in [0.3, 0.4) is 0 Å². The van der Waals surface area contributed by atoms with Crippen LogP contribution in [-0.4, -0.2) is 24.3 Å². The number of ketones is 1. The van der Waals surface area contributed by atoms with Gasteiger partial charge in [0, 0.05) is 17.3 Å². The minimum absolute atomic E-state index is 0.0552. The molecule has 0 aliphatic carbocycles. The molecule has 0 unspecified atom stereocenters. The van der Waals surface area contributed by atoms with Crippen LogP contribution in [0.4, 0.5) is 5.69 Å². The third-order valence-electron chi connectivity index (χ3n) is 3.07. The molecule has 0 saturated carbocycles. The number of benzene rings is 1. The number of aryl methyl sites for hydroxylation is 1. The molecule has 124 valence electrons. The quantitative estimate of drug-likeness (QED) is 0.501. The molecule has 1 aromatic carbocycles. The fourth-order valence-corrected chi connectivity index (χ4v) is 1.86. The van der Waals surface area contributed by atoms with E-state index in [-0.39, 0.29) is 5.78 Å². The van der Waals surface area contributed by atoms with Gasteiger partial charge in [-0.25, -0.2) is 4.79 Å². The zero-order valence-electron chi connectivity index (χ0n) is 13.4. The summed E-state index contributed by atoms with van der Waals surface area (Å²) in [5.41, 5.74) is 1.07. The Kier molecular flexibility index (Phi) is 5.68. The first-order valence-electron chi connectivity index (χ1n) is 7.26. The Morgan fingerprint density at radius 1 is 1.12 bits per heavy atom. The topological polar surface area (TPSA) is 85.6 Å². The van der Waals surface area contributed by atoms with Gasteiger partial charge >= 0.3 is 5.97 Å². The van der Waals surface area contributed by atoms with Crippen molar-refractivity contribution in [1.29, 1.82) is 0 Å². The first-order valence-corrected chi connectivity index (χ1v) is 7.26. The van der Waals surface area contributed by atoms with Crippen molar-refractivity contribution in [3.05, 3.63) is 59.6 Å². The Morgan fingerprint density at radius 2 is 1.83 bits per heavy atom. The zero-order valence-corrected chi connectivity index (χ0v) is 13.4. The summed E-state index contributed by atoms with van der Waals surface area (Å²) in [7, 11) is 0.